The summed E-state index contributed by atoms with van der Waals surface area (Å²) < 4.78 is 5.76. The molecule has 1 aliphatic rings. The lowest BCUT2D eigenvalue weighted by molar-refractivity contribution is -0.114. The molecule has 0 radical (unpaired) electrons. The monoisotopic (exact) mass is 307 g/mol. The van der Waals surface area contributed by atoms with E-state index in [1.165, 1.54) is 24.1 Å². The van der Waals surface area contributed by atoms with Crippen LogP contribution in [0.15, 0.2) is 12.3 Å². The molecule has 120 valence electrons. The number of aromatic nitrogens is 1. The summed E-state index contributed by atoms with van der Waals surface area (Å²) in [6.07, 6.45) is 2.39. The molecular weight excluding hydrogens is 286 g/mol. The van der Waals surface area contributed by atoms with Gasteiger partial charge in [0, 0.05) is 18.5 Å². The van der Waals surface area contributed by atoms with Crippen LogP contribution in [0.2, 0.25) is 0 Å². The fraction of sp³-hybridized carbons (Fsp3) is 0.533. The molecule has 0 saturated heterocycles. The van der Waals surface area contributed by atoms with Gasteiger partial charge in [-0.15, -0.1) is 0 Å². The summed E-state index contributed by atoms with van der Waals surface area (Å²) >= 11 is 0. The first kappa shape index (κ1) is 16.1. The summed E-state index contributed by atoms with van der Waals surface area (Å²) in [5.41, 5.74) is -0.284. The highest BCUT2D eigenvalue weighted by Crippen LogP contribution is 2.37. The van der Waals surface area contributed by atoms with E-state index in [1.807, 2.05) is 0 Å². The minimum absolute atomic E-state index is 0.114. The van der Waals surface area contributed by atoms with Crippen LogP contribution in [0.1, 0.15) is 40.5 Å². The van der Waals surface area contributed by atoms with Crippen molar-refractivity contribution < 1.29 is 19.4 Å². The lowest BCUT2D eigenvalue weighted by Crippen LogP contribution is -2.45. The van der Waals surface area contributed by atoms with Gasteiger partial charge in [0.05, 0.1) is 18.0 Å². The number of ether oxygens (including phenoxy) is 1. The SMILES string of the molecule is CC(=O)Nc1cc(N(C(=O)O)C(C)(C)C)c(OC2CC2)cn1. The number of rotatable bonds is 4. The van der Waals surface area contributed by atoms with Crippen molar-refractivity contribution in [1.29, 1.82) is 0 Å². The third-order valence-corrected chi connectivity index (χ3v) is 3.07. The molecule has 0 atom stereocenters. The first-order valence-corrected chi connectivity index (χ1v) is 7.16. The molecule has 22 heavy (non-hydrogen) atoms. The van der Waals surface area contributed by atoms with Crippen LogP contribution >= 0.6 is 0 Å². The number of carboxylic acid groups (broad SMARTS) is 1. The average Bonchev–Trinajstić information content (AvgIpc) is 3.13. The van der Waals surface area contributed by atoms with Gasteiger partial charge in [0.25, 0.3) is 0 Å². The second-order valence-corrected chi connectivity index (χ2v) is 6.32. The number of hydrogen-bond donors (Lipinski definition) is 2. The third-order valence-electron chi connectivity index (χ3n) is 3.07. The van der Waals surface area contributed by atoms with Gasteiger partial charge in [-0.1, -0.05) is 0 Å². The predicted molar refractivity (Wildman–Crippen MR) is 82.4 cm³/mol. The van der Waals surface area contributed by atoms with E-state index in [4.69, 9.17) is 4.74 Å². The normalized spacial score (nSPS) is 14.4. The molecule has 1 saturated carbocycles. The maximum atomic E-state index is 11.7. The number of anilines is 2. The van der Waals surface area contributed by atoms with Gasteiger partial charge in [-0.2, -0.15) is 0 Å². The van der Waals surface area contributed by atoms with E-state index >= 15 is 0 Å². The van der Waals surface area contributed by atoms with Crippen molar-refractivity contribution in [2.45, 2.75) is 52.2 Å². The van der Waals surface area contributed by atoms with E-state index in [0.717, 1.165) is 12.8 Å². The Hall–Kier alpha value is -2.31. The summed E-state index contributed by atoms with van der Waals surface area (Å²) in [7, 11) is 0. The van der Waals surface area contributed by atoms with E-state index in [0.29, 0.717) is 17.3 Å². The highest BCUT2D eigenvalue weighted by Gasteiger charge is 2.33. The van der Waals surface area contributed by atoms with Gasteiger partial charge in [-0.3, -0.25) is 9.69 Å². The topological polar surface area (TPSA) is 91.8 Å². The van der Waals surface area contributed by atoms with Gasteiger partial charge >= 0.3 is 6.09 Å². The molecule has 0 aromatic carbocycles. The number of carbonyl (C=O) groups is 2. The molecule has 1 aromatic heterocycles. The molecule has 1 aliphatic carbocycles. The summed E-state index contributed by atoms with van der Waals surface area (Å²) in [5.74, 6) is 0.432. The molecule has 0 spiro atoms. The van der Waals surface area contributed by atoms with Crippen LogP contribution in [-0.4, -0.2) is 33.7 Å². The lowest BCUT2D eigenvalue weighted by atomic mass is 10.1. The lowest BCUT2D eigenvalue weighted by Gasteiger charge is -2.34. The fourth-order valence-electron chi connectivity index (χ4n) is 2.06. The number of nitrogens with zero attached hydrogens (tertiary/aromatic N) is 2. The van der Waals surface area contributed by atoms with Crippen LogP contribution in [0, 0.1) is 0 Å². The van der Waals surface area contributed by atoms with Crippen LogP contribution in [0.3, 0.4) is 0 Å². The molecule has 2 rings (SSSR count). The van der Waals surface area contributed by atoms with Crippen LogP contribution in [-0.2, 0) is 4.79 Å². The molecule has 7 nitrogen and oxygen atoms in total. The van der Waals surface area contributed by atoms with Gasteiger partial charge in [0.1, 0.15) is 5.82 Å². The van der Waals surface area contributed by atoms with Crippen molar-refractivity contribution >= 4 is 23.5 Å². The van der Waals surface area contributed by atoms with Crippen molar-refractivity contribution in [3.63, 3.8) is 0 Å². The first-order valence-electron chi connectivity index (χ1n) is 7.16. The Kier molecular flexibility index (Phi) is 4.25. The molecule has 1 aromatic rings. The minimum atomic E-state index is -1.09. The molecular formula is C15H21N3O4. The van der Waals surface area contributed by atoms with E-state index in [2.05, 4.69) is 10.3 Å². The van der Waals surface area contributed by atoms with Crippen molar-refractivity contribution in [3.05, 3.63) is 12.3 Å². The molecule has 2 N–H and O–H groups in total. The smallest absolute Gasteiger partial charge is 0.412 e. The standard InChI is InChI=1S/C15H21N3O4/c1-9(19)17-13-7-11(18(14(20)21)15(2,3)4)12(8-16-13)22-10-5-6-10/h7-8,10H,5-6H2,1-4H3,(H,20,21)(H,16,17,19). The molecule has 7 heteroatoms. The van der Waals surface area contributed by atoms with E-state index in [1.54, 1.807) is 20.8 Å². The highest BCUT2D eigenvalue weighted by molar-refractivity contribution is 5.92. The van der Waals surface area contributed by atoms with Gasteiger partial charge in [0.15, 0.2) is 5.75 Å². The minimum Gasteiger partial charge on any atom is -0.487 e. The second kappa shape index (κ2) is 5.82. The van der Waals surface area contributed by atoms with Gasteiger partial charge in [-0.25, -0.2) is 9.78 Å². The number of pyridine rings is 1. The average molecular weight is 307 g/mol. The Morgan fingerprint density at radius 2 is 2.05 bits per heavy atom. The third kappa shape index (κ3) is 3.87. The Bertz CT molecular complexity index is 591. The Balaban J connectivity index is 2.46. The Labute approximate surface area is 129 Å². The maximum absolute atomic E-state index is 11.7. The Morgan fingerprint density at radius 1 is 1.41 bits per heavy atom. The van der Waals surface area contributed by atoms with E-state index in [9.17, 15) is 14.7 Å². The van der Waals surface area contributed by atoms with Crippen molar-refractivity contribution in [3.8, 4) is 5.75 Å². The second-order valence-electron chi connectivity index (χ2n) is 6.32. The molecule has 0 bridgehead atoms. The first-order chi connectivity index (χ1) is 10.2. The number of hydrogen-bond acceptors (Lipinski definition) is 4. The summed E-state index contributed by atoms with van der Waals surface area (Å²) in [4.78, 5) is 28.2. The van der Waals surface area contributed by atoms with Crippen LogP contribution in [0.25, 0.3) is 0 Å². The summed E-state index contributed by atoms with van der Waals surface area (Å²) in [5, 5.41) is 12.1. The fourth-order valence-corrected chi connectivity index (χ4v) is 2.06. The largest absolute Gasteiger partial charge is 0.487 e. The summed E-state index contributed by atoms with van der Waals surface area (Å²) in [6, 6.07) is 1.53. The molecule has 0 unspecified atom stereocenters. The zero-order valence-electron chi connectivity index (χ0n) is 13.2. The molecule has 1 heterocycles. The molecule has 1 fully saturated rings. The van der Waals surface area contributed by atoms with Crippen LogP contribution < -0.4 is 15.0 Å². The number of carbonyl (C=O) groups excluding carboxylic acids is 1. The zero-order chi connectivity index (χ0) is 16.5. The van der Waals surface area contributed by atoms with Gasteiger partial charge in [-0.05, 0) is 33.6 Å². The Morgan fingerprint density at radius 3 is 2.50 bits per heavy atom. The van der Waals surface area contributed by atoms with Crippen molar-refractivity contribution in [1.82, 2.24) is 4.98 Å². The summed E-state index contributed by atoms with van der Waals surface area (Å²) in [6.45, 7) is 6.75. The predicted octanol–water partition coefficient (Wildman–Crippen LogP) is 2.86. The maximum Gasteiger partial charge on any atom is 0.412 e. The van der Waals surface area contributed by atoms with E-state index in [-0.39, 0.29) is 12.0 Å². The highest BCUT2D eigenvalue weighted by atomic mass is 16.5. The van der Waals surface area contributed by atoms with Crippen molar-refractivity contribution in [2.75, 3.05) is 10.2 Å². The number of amides is 2. The zero-order valence-corrected chi connectivity index (χ0v) is 13.2. The van der Waals surface area contributed by atoms with Crippen LogP contribution in [0.5, 0.6) is 5.75 Å². The van der Waals surface area contributed by atoms with Crippen molar-refractivity contribution in [2.24, 2.45) is 0 Å². The quantitative estimate of drug-likeness (QED) is 0.892. The molecule has 2 amide bonds. The van der Waals surface area contributed by atoms with Gasteiger partial charge in [0.2, 0.25) is 5.91 Å². The van der Waals surface area contributed by atoms with Crippen LogP contribution in [0.4, 0.5) is 16.3 Å². The number of nitrogens with one attached hydrogen (secondary N) is 1. The van der Waals surface area contributed by atoms with Gasteiger partial charge < -0.3 is 15.2 Å². The van der Waals surface area contributed by atoms with E-state index < -0.39 is 11.6 Å². The molecule has 0 aliphatic heterocycles.